The second kappa shape index (κ2) is 6.26. The second-order valence-electron chi connectivity index (χ2n) is 4.76. The Labute approximate surface area is 128 Å². The van der Waals surface area contributed by atoms with Crippen LogP contribution < -0.4 is 0 Å². The van der Waals surface area contributed by atoms with Crippen LogP contribution in [-0.2, 0) is 4.74 Å². The molecule has 0 aliphatic heterocycles. The Morgan fingerprint density at radius 2 is 1.59 bits per heavy atom. The Bertz CT molecular complexity index is 764. The predicted octanol–water partition coefficient (Wildman–Crippen LogP) is 3.92. The molecule has 22 heavy (non-hydrogen) atoms. The molecule has 0 atom stereocenters. The summed E-state index contributed by atoms with van der Waals surface area (Å²) in [6, 6.07) is 19.3. The third kappa shape index (κ3) is 2.76. The summed E-state index contributed by atoms with van der Waals surface area (Å²) in [6.45, 7) is 2.11. The fourth-order valence-electron chi connectivity index (χ4n) is 2.26. The van der Waals surface area contributed by atoms with Gasteiger partial charge in [-0.3, -0.25) is 0 Å². The van der Waals surface area contributed by atoms with E-state index >= 15 is 0 Å². The number of aromatic amines is 1. The van der Waals surface area contributed by atoms with Crippen molar-refractivity contribution in [2.24, 2.45) is 0 Å². The molecule has 0 saturated heterocycles. The molecule has 1 heterocycles. The van der Waals surface area contributed by atoms with Crippen LogP contribution in [0.4, 0.5) is 0 Å². The van der Waals surface area contributed by atoms with Crippen molar-refractivity contribution in [1.82, 2.24) is 9.97 Å². The summed E-state index contributed by atoms with van der Waals surface area (Å²) >= 11 is 0. The van der Waals surface area contributed by atoms with Gasteiger partial charge in [-0.25, -0.2) is 9.78 Å². The standard InChI is InChI=1S/C18H16N2O2/c1-2-22-18(21)16-15(13-9-5-3-6-10-13)19-17(20-16)14-11-7-4-8-12-14/h3-12H,2H2,1H3,(H,19,20). The maximum absolute atomic E-state index is 12.2. The fraction of sp³-hybridized carbons (Fsp3) is 0.111. The van der Waals surface area contributed by atoms with Crippen molar-refractivity contribution >= 4 is 5.97 Å². The third-order valence-corrected chi connectivity index (χ3v) is 3.28. The van der Waals surface area contributed by atoms with Gasteiger partial charge >= 0.3 is 5.97 Å². The molecule has 3 aromatic rings. The first-order chi connectivity index (χ1) is 10.8. The van der Waals surface area contributed by atoms with Gasteiger partial charge in [-0.05, 0) is 6.92 Å². The lowest BCUT2D eigenvalue weighted by molar-refractivity contribution is 0.0521. The molecule has 0 spiro atoms. The van der Waals surface area contributed by atoms with Crippen LogP contribution in [0.2, 0.25) is 0 Å². The number of nitrogens with one attached hydrogen (secondary N) is 1. The summed E-state index contributed by atoms with van der Waals surface area (Å²) in [4.78, 5) is 19.9. The summed E-state index contributed by atoms with van der Waals surface area (Å²) in [5.74, 6) is 0.263. The number of rotatable bonds is 4. The summed E-state index contributed by atoms with van der Waals surface area (Å²) in [5, 5.41) is 0. The summed E-state index contributed by atoms with van der Waals surface area (Å²) in [5.41, 5.74) is 2.80. The summed E-state index contributed by atoms with van der Waals surface area (Å²) < 4.78 is 5.13. The number of benzene rings is 2. The monoisotopic (exact) mass is 292 g/mol. The van der Waals surface area contributed by atoms with Gasteiger partial charge in [-0.1, -0.05) is 60.7 Å². The van der Waals surface area contributed by atoms with Gasteiger partial charge in [0.2, 0.25) is 0 Å². The normalized spacial score (nSPS) is 10.4. The maximum Gasteiger partial charge on any atom is 0.357 e. The number of H-pyrrole nitrogens is 1. The predicted molar refractivity (Wildman–Crippen MR) is 85.4 cm³/mol. The number of hydrogen-bond donors (Lipinski definition) is 1. The van der Waals surface area contributed by atoms with E-state index in [0.717, 1.165) is 11.1 Å². The molecular formula is C18H16N2O2. The van der Waals surface area contributed by atoms with Crippen LogP contribution in [0.5, 0.6) is 0 Å². The minimum absolute atomic E-state index is 0.326. The largest absolute Gasteiger partial charge is 0.461 e. The number of imidazole rings is 1. The van der Waals surface area contributed by atoms with E-state index in [9.17, 15) is 4.79 Å². The zero-order chi connectivity index (χ0) is 15.4. The molecular weight excluding hydrogens is 276 g/mol. The minimum Gasteiger partial charge on any atom is -0.461 e. The quantitative estimate of drug-likeness (QED) is 0.741. The average Bonchev–Trinajstić information content (AvgIpc) is 3.02. The molecule has 0 bridgehead atoms. The van der Waals surface area contributed by atoms with Gasteiger partial charge in [0.1, 0.15) is 11.5 Å². The van der Waals surface area contributed by atoms with Crippen molar-refractivity contribution in [2.75, 3.05) is 6.61 Å². The van der Waals surface area contributed by atoms with E-state index in [4.69, 9.17) is 4.74 Å². The van der Waals surface area contributed by atoms with E-state index in [1.54, 1.807) is 6.92 Å². The number of esters is 1. The Morgan fingerprint density at radius 3 is 2.18 bits per heavy atom. The molecule has 0 aliphatic rings. The minimum atomic E-state index is -0.393. The number of carbonyl (C=O) groups excluding carboxylic acids is 1. The van der Waals surface area contributed by atoms with Crippen molar-refractivity contribution in [3.63, 3.8) is 0 Å². The van der Waals surface area contributed by atoms with Crippen LogP contribution in [0.15, 0.2) is 60.7 Å². The number of aromatic nitrogens is 2. The molecule has 4 heteroatoms. The van der Waals surface area contributed by atoms with E-state index in [1.165, 1.54) is 0 Å². The van der Waals surface area contributed by atoms with E-state index in [2.05, 4.69) is 9.97 Å². The first kappa shape index (κ1) is 14.1. The molecule has 0 unspecified atom stereocenters. The van der Waals surface area contributed by atoms with E-state index < -0.39 is 5.97 Å². The Hall–Kier alpha value is -2.88. The molecule has 1 N–H and O–H groups in total. The highest BCUT2D eigenvalue weighted by Gasteiger charge is 2.20. The molecule has 0 amide bonds. The first-order valence-electron chi connectivity index (χ1n) is 7.17. The smallest absolute Gasteiger partial charge is 0.357 e. The van der Waals surface area contributed by atoms with E-state index in [-0.39, 0.29) is 0 Å². The summed E-state index contributed by atoms with van der Waals surface area (Å²) in [6.07, 6.45) is 0. The van der Waals surface area contributed by atoms with Crippen molar-refractivity contribution in [2.45, 2.75) is 6.92 Å². The molecule has 1 aromatic heterocycles. The van der Waals surface area contributed by atoms with Crippen LogP contribution in [0.1, 0.15) is 17.4 Å². The molecule has 0 fully saturated rings. The van der Waals surface area contributed by atoms with Crippen molar-refractivity contribution in [3.05, 3.63) is 66.4 Å². The van der Waals surface area contributed by atoms with Crippen molar-refractivity contribution < 1.29 is 9.53 Å². The van der Waals surface area contributed by atoms with Gasteiger partial charge in [-0.15, -0.1) is 0 Å². The Balaban J connectivity index is 2.11. The highest BCUT2D eigenvalue weighted by molar-refractivity contribution is 5.95. The van der Waals surface area contributed by atoms with Crippen LogP contribution in [0.25, 0.3) is 22.6 Å². The topological polar surface area (TPSA) is 55.0 Å². The van der Waals surface area contributed by atoms with Crippen LogP contribution in [0, 0.1) is 0 Å². The Kier molecular flexibility index (Phi) is 4.01. The molecule has 0 saturated carbocycles. The third-order valence-electron chi connectivity index (χ3n) is 3.28. The van der Waals surface area contributed by atoms with Gasteiger partial charge in [-0.2, -0.15) is 0 Å². The SMILES string of the molecule is CCOC(=O)c1[nH]c(-c2ccccc2)nc1-c1ccccc1. The van der Waals surface area contributed by atoms with Crippen molar-refractivity contribution in [3.8, 4) is 22.6 Å². The number of nitrogens with zero attached hydrogens (tertiary/aromatic N) is 1. The van der Waals surface area contributed by atoms with E-state index in [1.807, 2.05) is 60.7 Å². The number of ether oxygens (including phenoxy) is 1. The maximum atomic E-state index is 12.2. The molecule has 0 aliphatic carbocycles. The molecule has 3 rings (SSSR count). The van der Waals surface area contributed by atoms with Gasteiger partial charge in [0.05, 0.1) is 6.61 Å². The lowest BCUT2D eigenvalue weighted by Gasteiger charge is -2.02. The highest BCUT2D eigenvalue weighted by atomic mass is 16.5. The number of carbonyl (C=O) groups is 1. The molecule has 2 aromatic carbocycles. The zero-order valence-electron chi connectivity index (χ0n) is 12.2. The average molecular weight is 292 g/mol. The van der Waals surface area contributed by atoms with E-state index in [0.29, 0.717) is 23.8 Å². The van der Waals surface area contributed by atoms with Crippen molar-refractivity contribution in [1.29, 1.82) is 0 Å². The fourth-order valence-corrected chi connectivity index (χ4v) is 2.26. The van der Waals surface area contributed by atoms with Gasteiger partial charge in [0.25, 0.3) is 0 Å². The van der Waals surface area contributed by atoms with Gasteiger partial charge < -0.3 is 9.72 Å². The highest BCUT2D eigenvalue weighted by Crippen LogP contribution is 2.26. The number of hydrogen-bond acceptors (Lipinski definition) is 3. The zero-order valence-corrected chi connectivity index (χ0v) is 12.2. The molecule has 0 radical (unpaired) electrons. The summed E-state index contributed by atoms with van der Waals surface area (Å²) in [7, 11) is 0. The van der Waals surface area contributed by atoms with Gasteiger partial charge in [0.15, 0.2) is 5.69 Å². The second-order valence-corrected chi connectivity index (χ2v) is 4.76. The van der Waals surface area contributed by atoms with Gasteiger partial charge in [0, 0.05) is 11.1 Å². The first-order valence-corrected chi connectivity index (χ1v) is 7.17. The van der Waals surface area contributed by atoms with Crippen LogP contribution >= 0.6 is 0 Å². The van der Waals surface area contributed by atoms with Crippen LogP contribution in [0.3, 0.4) is 0 Å². The molecule has 110 valence electrons. The lowest BCUT2D eigenvalue weighted by atomic mass is 10.1. The molecule has 4 nitrogen and oxygen atoms in total. The lowest BCUT2D eigenvalue weighted by Crippen LogP contribution is -2.06. The van der Waals surface area contributed by atoms with Crippen LogP contribution in [-0.4, -0.2) is 22.5 Å². The Morgan fingerprint density at radius 1 is 1.00 bits per heavy atom.